The number of rotatable bonds is 3. The van der Waals surface area contributed by atoms with Gasteiger partial charge in [0.1, 0.15) is 10.7 Å². The van der Waals surface area contributed by atoms with Gasteiger partial charge in [0.05, 0.1) is 0 Å². The molecular weight excluding hydrogens is 401 g/mol. The topological polar surface area (TPSA) is 45.2 Å². The number of amides is 1. The van der Waals surface area contributed by atoms with Gasteiger partial charge in [0.2, 0.25) is 0 Å². The zero-order valence-electron chi connectivity index (χ0n) is 15.7. The van der Waals surface area contributed by atoms with E-state index in [4.69, 9.17) is 0 Å². The van der Waals surface area contributed by atoms with E-state index >= 15 is 0 Å². The molecule has 4 nitrogen and oxygen atoms in total. The molecule has 4 rings (SSSR count). The molecule has 1 N–H and O–H groups in total. The molecule has 27 heavy (non-hydrogen) atoms. The van der Waals surface area contributed by atoms with E-state index in [0.717, 1.165) is 30.1 Å². The molecule has 3 heterocycles. The molecule has 2 saturated heterocycles. The zero-order chi connectivity index (χ0) is 17.4. The summed E-state index contributed by atoms with van der Waals surface area (Å²) < 4.78 is 0. The highest BCUT2D eigenvalue weighted by molar-refractivity contribution is 7.13. The summed E-state index contributed by atoms with van der Waals surface area (Å²) in [5.41, 5.74) is 3.00. The summed E-state index contributed by atoms with van der Waals surface area (Å²) in [4.78, 5) is 19.5. The lowest BCUT2D eigenvalue weighted by atomic mass is 10.0. The Morgan fingerprint density at radius 1 is 1.15 bits per heavy atom. The Morgan fingerprint density at radius 2 is 1.85 bits per heavy atom. The maximum absolute atomic E-state index is 12.9. The van der Waals surface area contributed by atoms with Crippen molar-refractivity contribution in [1.29, 1.82) is 0 Å². The van der Waals surface area contributed by atoms with E-state index in [9.17, 15) is 4.79 Å². The number of halogens is 2. The van der Waals surface area contributed by atoms with Gasteiger partial charge in [-0.25, -0.2) is 4.98 Å². The van der Waals surface area contributed by atoms with Crippen LogP contribution in [0.15, 0.2) is 29.6 Å². The Balaban J connectivity index is 0.00000131. The highest BCUT2D eigenvalue weighted by Gasteiger charge is 2.32. The van der Waals surface area contributed by atoms with Crippen molar-refractivity contribution >= 4 is 42.1 Å². The SMILES string of the molecule is CC(C)c1ccc(-c2nc(C(=O)N3CCC4CCC(C3)N4)cs2)cc1.Cl.Cl. The van der Waals surface area contributed by atoms with Gasteiger partial charge in [-0.05, 0) is 30.7 Å². The molecule has 2 fully saturated rings. The quantitative estimate of drug-likeness (QED) is 0.768. The second-order valence-electron chi connectivity index (χ2n) is 7.49. The summed E-state index contributed by atoms with van der Waals surface area (Å²) in [5, 5.41) is 6.45. The Labute approximate surface area is 177 Å². The number of hydrogen-bond acceptors (Lipinski definition) is 4. The first-order valence-electron chi connectivity index (χ1n) is 9.21. The lowest BCUT2D eigenvalue weighted by Crippen LogP contribution is -2.39. The molecule has 2 aliphatic rings. The van der Waals surface area contributed by atoms with Crippen molar-refractivity contribution in [3.8, 4) is 10.6 Å². The normalized spacial score (nSPS) is 21.4. The summed E-state index contributed by atoms with van der Waals surface area (Å²) in [7, 11) is 0. The molecule has 0 saturated carbocycles. The Bertz CT molecular complexity index is 763. The zero-order valence-corrected chi connectivity index (χ0v) is 18.1. The summed E-state index contributed by atoms with van der Waals surface area (Å²) in [6.45, 7) is 6.03. The number of nitrogens with one attached hydrogen (secondary N) is 1. The van der Waals surface area contributed by atoms with Gasteiger partial charge < -0.3 is 10.2 Å². The lowest BCUT2D eigenvalue weighted by Gasteiger charge is -2.23. The van der Waals surface area contributed by atoms with E-state index in [1.165, 1.54) is 18.4 Å². The van der Waals surface area contributed by atoms with E-state index in [-0.39, 0.29) is 30.7 Å². The van der Waals surface area contributed by atoms with Gasteiger partial charge in [0.15, 0.2) is 0 Å². The third-order valence-electron chi connectivity index (χ3n) is 5.36. The van der Waals surface area contributed by atoms with Crippen LogP contribution in [0.25, 0.3) is 10.6 Å². The molecule has 2 aliphatic heterocycles. The van der Waals surface area contributed by atoms with Crippen molar-refractivity contribution in [3.05, 3.63) is 40.9 Å². The molecule has 0 spiro atoms. The second-order valence-corrected chi connectivity index (χ2v) is 8.35. The number of nitrogens with zero attached hydrogens (tertiary/aromatic N) is 2. The smallest absolute Gasteiger partial charge is 0.273 e. The molecule has 2 atom stereocenters. The Hall–Kier alpha value is -1.14. The van der Waals surface area contributed by atoms with Crippen molar-refractivity contribution < 1.29 is 4.79 Å². The Kier molecular flexibility index (Phi) is 7.69. The van der Waals surface area contributed by atoms with E-state index in [1.54, 1.807) is 11.3 Å². The van der Waals surface area contributed by atoms with Crippen LogP contribution >= 0.6 is 36.2 Å². The van der Waals surface area contributed by atoms with Crippen molar-refractivity contribution in [1.82, 2.24) is 15.2 Å². The predicted molar refractivity (Wildman–Crippen MR) is 117 cm³/mol. The largest absolute Gasteiger partial charge is 0.336 e. The van der Waals surface area contributed by atoms with Gasteiger partial charge in [0.25, 0.3) is 5.91 Å². The molecule has 148 valence electrons. The predicted octanol–water partition coefficient (Wildman–Crippen LogP) is 4.74. The summed E-state index contributed by atoms with van der Waals surface area (Å²) in [5.74, 6) is 0.602. The monoisotopic (exact) mass is 427 g/mol. The van der Waals surface area contributed by atoms with E-state index in [0.29, 0.717) is 23.7 Å². The minimum atomic E-state index is 0. The number of likely N-dealkylation sites (tertiary alicyclic amines) is 1. The fraction of sp³-hybridized carbons (Fsp3) is 0.500. The van der Waals surface area contributed by atoms with Crippen molar-refractivity contribution in [2.45, 2.75) is 51.1 Å². The minimum Gasteiger partial charge on any atom is -0.336 e. The maximum atomic E-state index is 12.9. The number of aromatic nitrogens is 1. The minimum absolute atomic E-state index is 0. The maximum Gasteiger partial charge on any atom is 0.273 e. The molecule has 2 bridgehead atoms. The standard InChI is InChI=1S/C20H25N3OS.2ClH/c1-13(2)14-3-5-15(6-4-14)19-22-18(12-25-19)20(24)23-10-9-16-7-8-17(11-23)21-16;;/h3-6,12-13,16-17,21H,7-11H2,1-2H3;2*1H. The highest BCUT2D eigenvalue weighted by atomic mass is 35.5. The molecule has 0 radical (unpaired) electrons. The third kappa shape index (κ3) is 4.83. The second kappa shape index (κ2) is 9.37. The van der Waals surface area contributed by atoms with E-state index in [1.807, 2.05) is 10.3 Å². The fourth-order valence-corrected chi connectivity index (χ4v) is 4.60. The van der Waals surface area contributed by atoms with Gasteiger partial charge in [-0.3, -0.25) is 4.79 Å². The number of thiazole rings is 1. The van der Waals surface area contributed by atoms with Crippen LogP contribution in [0.1, 0.15) is 55.1 Å². The van der Waals surface area contributed by atoms with Crippen LogP contribution in [0, 0.1) is 0 Å². The highest BCUT2D eigenvalue weighted by Crippen LogP contribution is 2.27. The fourth-order valence-electron chi connectivity index (χ4n) is 3.80. The number of hydrogen-bond donors (Lipinski definition) is 1. The first-order chi connectivity index (χ1) is 12.1. The van der Waals surface area contributed by atoms with Gasteiger partial charge >= 0.3 is 0 Å². The summed E-state index contributed by atoms with van der Waals surface area (Å²) in [6.07, 6.45) is 3.48. The van der Waals surface area contributed by atoms with Crippen molar-refractivity contribution in [2.24, 2.45) is 0 Å². The summed E-state index contributed by atoms with van der Waals surface area (Å²) >= 11 is 1.56. The Morgan fingerprint density at radius 3 is 2.56 bits per heavy atom. The molecular formula is C20H27Cl2N3OS. The number of benzene rings is 1. The lowest BCUT2D eigenvalue weighted by molar-refractivity contribution is 0.0743. The van der Waals surface area contributed by atoms with Gasteiger partial charge in [0, 0.05) is 36.1 Å². The average molecular weight is 428 g/mol. The van der Waals surface area contributed by atoms with Crippen molar-refractivity contribution in [2.75, 3.05) is 13.1 Å². The number of fused-ring (bicyclic) bond motifs is 2. The number of carbonyl (C=O) groups excluding carboxylic acids is 1. The molecule has 2 aromatic rings. The van der Waals surface area contributed by atoms with Crippen LogP contribution in [0.3, 0.4) is 0 Å². The molecule has 1 aromatic carbocycles. The number of carbonyl (C=O) groups is 1. The molecule has 7 heteroatoms. The van der Waals surface area contributed by atoms with Crippen LogP contribution in [0.5, 0.6) is 0 Å². The van der Waals surface area contributed by atoms with Crippen LogP contribution in [0.2, 0.25) is 0 Å². The van der Waals surface area contributed by atoms with Crippen LogP contribution in [0.4, 0.5) is 0 Å². The summed E-state index contributed by atoms with van der Waals surface area (Å²) in [6, 6.07) is 9.57. The van der Waals surface area contributed by atoms with Gasteiger partial charge in [-0.15, -0.1) is 36.2 Å². The van der Waals surface area contributed by atoms with Crippen molar-refractivity contribution in [3.63, 3.8) is 0 Å². The van der Waals surface area contributed by atoms with Crippen LogP contribution < -0.4 is 5.32 Å². The average Bonchev–Trinajstić information content (AvgIpc) is 3.21. The first kappa shape index (κ1) is 22.2. The molecule has 0 aliphatic carbocycles. The third-order valence-corrected chi connectivity index (χ3v) is 6.25. The molecule has 2 unspecified atom stereocenters. The van der Waals surface area contributed by atoms with Crippen LogP contribution in [-0.4, -0.2) is 41.0 Å². The van der Waals surface area contributed by atoms with Crippen LogP contribution in [-0.2, 0) is 0 Å². The van der Waals surface area contributed by atoms with Gasteiger partial charge in [-0.1, -0.05) is 38.1 Å². The first-order valence-corrected chi connectivity index (χ1v) is 10.1. The van der Waals surface area contributed by atoms with E-state index in [2.05, 4.69) is 48.4 Å². The molecule has 1 aromatic heterocycles. The molecule has 1 amide bonds. The van der Waals surface area contributed by atoms with Gasteiger partial charge in [-0.2, -0.15) is 0 Å². The van der Waals surface area contributed by atoms with E-state index < -0.39 is 0 Å².